The Morgan fingerprint density at radius 1 is 1.47 bits per heavy atom. The monoisotopic (exact) mass is 276 g/mol. The smallest absolute Gasteiger partial charge is 0.251 e. The van der Waals surface area contributed by atoms with E-state index >= 15 is 0 Å². The first-order valence-corrected chi connectivity index (χ1v) is 7.00. The first-order chi connectivity index (χ1) is 9.15. The van der Waals surface area contributed by atoms with Gasteiger partial charge in [0, 0.05) is 17.0 Å². The van der Waals surface area contributed by atoms with Crippen LogP contribution in [0, 0.1) is 0 Å². The molecule has 1 aromatic heterocycles. The highest BCUT2D eigenvalue weighted by Crippen LogP contribution is 2.15. The van der Waals surface area contributed by atoms with Crippen LogP contribution in [0.25, 0.3) is 0 Å². The molecule has 0 unspecified atom stereocenters. The van der Waals surface area contributed by atoms with Crippen LogP contribution in [0.15, 0.2) is 35.2 Å². The van der Waals surface area contributed by atoms with E-state index in [2.05, 4.69) is 10.3 Å². The van der Waals surface area contributed by atoms with Gasteiger partial charge < -0.3 is 10.1 Å². The highest BCUT2D eigenvalue weighted by atomic mass is 32.1. The SMILES string of the molecule is CC(C)NC(=O)c1cccc(OCc2cscn2)c1. The van der Waals surface area contributed by atoms with Crippen molar-refractivity contribution in [3.05, 3.63) is 46.4 Å². The first-order valence-electron chi connectivity index (χ1n) is 6.06. The second-order valence-electron chi connectivity index (χ2n) is 4.42. The van der Waals surface area contributed by atoms with Crippen molar-refractivity contribution in [3.8, 4) is 5.75 Å². The van der Waals surface area contributed by atoms with Crippen LogP contribution in [0.4, 0.5) is 0 Å². The zero-order chi connectivity index (χ0) is 13.7. The molecule has 0 fully saturated rings. The molecule has 1 heterocycles. The molecule has 0 bridgehead atoms. The van der Waals surface area contributed by atoms with Gasteiger partial charge in [-0.2, -0.15) is 0 Å². The number of hydrogen-bond donors (Lipinski definition) is 1. The van der Waals surface area contributed by atoms with E-state index in [1.807, 2.05) is 31.4 Å². The van der Waals surface area contributed by atoms with Gasteiger partial charge in [-0.3, -0.25) is 4.79 Å². The number of ether oxygens (including phenoxy) is 1. The summed E-state index contributed by atoms with van der Waals surface area (Å²) in [5.74, 6) is 0.582. The predicted molar refractivity (Wildman–Crippen MR) is 75.5 cm³/mol. The minimum atomic E-state index is -0.0888. The lowest BCUT2D eigenvalue weighted by molar-refractivity contribution is 0.0942. The minimum absolute atomic E-state index is 0.0888. The summed E-state index contributed by atoms with van der Waals surface area (Å²) in [6.45, 7) is 4.28. The third kappa shape index (κ3) is 4.06. The van der Waals surface area contributed by atoms with E-state index in [-0.39, 0.29) is 11.9 Å². The molecule has 100 valence electrons. The first kappa shape index (κ1) is 13.5. The normalized spacial score (nSPS) is 10.5. The third-order valence-electron chi connectivity index (χ3n) is 2.39. The summed E-state index contributed by atoms with van der Waals surface area (Å²) < 4.78 is 5.61. The zero-order valence-electron chi connectivity index (χ0n) is 10.9. The molecule has 0 spiro atoms. The van der Waals surface area contributed by atoms with E-state index in [0.717, 1.165) is 5.69 Å². The number of hydrogen-bond acceptors (Lipinski definition) is 4. The fourth-order valence-corrected chi connectivity index (χ4v) is 2.08. The van der Waals surface area contributed by atoms with E-state index in [0.29, 0.717) is 17.9 Å². The van der Waals surface area contributed by atoms with Crippen molar-refractivity contribution in [1.29, 1.82) is 0 Å². The number of carbonyl (C=O) groups excluding carboxylic acids is 1. The standard InChI is InChI=1S/C14H16N2O2S/c1-10(2)16-14(17)11-4-3-5-13(6-11)18-7-12-8-19-9-15-12/h3-6,8-10H,7H2,1-2H3,(H,16,17). The van der Waals surface area contributed by atoms with Crippen molar-refractivity contribution in [2.24, 2.45) is 0 Å². The average Bonchev–Trinajstić information content (AvgIpc) is 2.89. The Morgan fingerprint density at radius 3 is 3.00 bits per heavy atom. The van der Waals surface area contributed by atoms with Gasteiger partial charge in [0.15, 0.2) is 0 Å². The van der Waals surface area contributed by atoms with E-state index in [1.165, 1.54) is 11.3 Å². The molecule has 0 radical (unpaired) electrons. The lowest BCUT2D eigenvalue weighted by Crippen LogP contribution is -2.30. The van der Waals surface area contributed by atoms with Gasteiger partial charge in [-0.25, -0.2) is 4.98 Å². The van der Waals surface area contributed by atoms with Crippen molar-refractivity contribution in [2.75, 3.05) is 0 Å². The Balaban J connectivity index is 2.00. The number of carbonyl (C=O) groups is 1. The molecule has 19 heavy (non-hydrogen) atoms. The summed E-state index contributed by atoms with van der Waals surface area (Å²) in [6, 6.07) is 7.27. The molecule has 0 aliphatic carbocycles. The maximum Gasteiger partial charge on any atom is 0.251 e. The Kier molecular flexibility index (Phi) is 4.52. The molecule has 2 aromatic rings. The lowest BCUT2D eigenvalue weighted by atomic mass is 10.2. The molecule has 5 heteroatoms. The lowest BCUT2D eigenvalue weighted by Gasteiger charge is -2.10. The highest BCUT2D eigenvalue weighted by molar-refractivity contribution is 7.07. The van der Waals surface area contributed by atoms with Crippen molar-refractivity contribution >= 4 is 17.2 Å². The van der Waals surface area contributed by atoms with Gasteiger partial charge in [0.1, 0.15) is 12.4 Å². The van der Waals surface area contributed by atoms with E-state index in [1.54, 1.807) is 17.6 Å². The van der Waals surface area contributed by atoms with Crippen LogP contribution < -0.4 is 10.1 Å². The Morgan fingerprint density at radius 2 is 2.32 bits per heavy atom. The molecule has 1 amide bonds. The second-order valence-corrected chi connectivity index (χ2v) is 5.14. The summed E-state index contributed by atoms with van der Waals surface area (Å²) >= 11 is 1.53. The van der Waals surface area contributed by atoms with Crippen molar-refractivity contribution < 1.29 is 9.53 Å². The topological polar surface area (TPSA) is 51.2 Å². The molecule has 0 aliphatic heterocycles. The largest absolute Gasteiger partial charge is 0.487 e. The molecule has 0 atom stereocenters. The van der Waals surface area contributed by atoms with Crippen molar-refractivity contribution in [1.82, 2.24) is 10.3 Å². The van der Waals surface area contributed by atoms with Crippen molar-refractivity contribution in [2.45, 2.75) is 26.5 Å². The van der Waals surface area contributed by atoms with E-state index < -0.39 is 0 Å². The Hall–Kier alpha value is -1.88. The van der Waals surface area contributed by atoms with Crippen LogP contribution in [0.2, 0.25) is 0 Å². The number of nitrogens with one attached hydrogen (secondary N) is 1. The van der Waals surface area contributed by atoms with Crippen LogP contribution in [0.3, 0.4) is 0 Å². The maximum absolute atomic E-state index is 11.9. The molecule has 0 aliphatic rings. The highest BCUT2D eigenvalue weighted by Gasteiger charge is 2.08. The van der Waals surface area contributed by atoms with Gasteiger partial charge in [0.2, 0.25) is 0 Å². The molecule has 1 N–H and O–H groups in total. The second kappa shape index (κ2) is 6.33. The number of thiazole rings is 1. The van der Waals surface area contributed by atoms with Crippen LogP contribution in [0.1, 0.15) is 29.9 Å². The van der Waals surface area contributed by atoms with Crippen LogP contribution in [-0.2, 0) is 6.61 Å². The Bertz CT molecular complexity index is 538. The van der Waals surface area contributed by atoms with Gasteiger partial charge in [0.05, 0.1) is 11.2 Å². The van der Waals surface area contributed by atoms with Crippen molar-refractivity contribution in [3.63, 3.8) is 0 Å². The predicted octanol–water partition coefficient (Wildman–Crippen LogP) is 2.86. The summed E-state index contributed by atoms with van der Waals surface area (Å²) in [5, 5.41) is 4.79. The van der Waals surface area contributed by atoms with Gasteiger partial charge in [-0.15, -0.1) is 11.3 Å². The number of rotatable bonds is 5. The van der Waals surface area contributed by atoms with Crippen LogP contribution in [0.5, 0.6) is 5.75 Å². The minimum Gasteiger partial charge on any atom is -0.487 e. The fourth-order valence-electron chi connectivity index (χ4n) is 1.54. The zero-order valence-corrected chi connectivity index (χ0v) is 11.7. The summed E-state index contributed by atoms with van der Waals surface area (Å²) in [4.78, 5) is 16.0. The summed E-state index contributed by atoms with van der Waals surface area (Å²) in [5.41, 5.74) is 3.26. The van der Waals surface area contributed by atoms with Gasteiger partial charge in [-0.1, -0.05) is 6.07 Å². The molecular weight excluding hydrogens is 260 g/mol. The molecule has 2 rings (SSSR count). The number of amides is 1. The van der Waals surface area contributed by atoms with Gasteiger partial charge >= 0.3 is 0 Å². The van der Waals surface area contributed by atoms with Gasteiger partial charge in [-0.05, 0) is 32.0 Å². The molecule has 1 aromatic carbocycles. The van der Waals surface area contributed by atoms with E-state index in [4.69, 9.17) is 4.74 Å². The number of aromatic nitrogens is 1. The van der Waals surface area contributed by atoms with Crippen LogP contribution in [-0.4, -0.2) is 16.9 Å². The fraction of sp³-hybridized carbons (Fsp3) is 0.286. The number of nitrogens with zero attached hydrogens (tertiary/aromatic N) is 1. The van der Waals surface area contributed by atoms with Crippen LogP contribution >= 0.6 is 11.3 Å². The summed E-state index contributed by atoms with van der Waals surface area (Å²) in [6.07, 6.45) is 0. The molecule has 0 saturated carbocycles. The Labute approximate surface area is 116 Å². The number of benzene rings is 1. The average molecular weight is 276 g/mol. The summed E-state index contributed by atoms with van der Waals surface area (Å²) in [7, 11) is 0. The van der Waals surface area contributed by atoms with Gasteiger partial charge in [0.25, 0.3) is 5.91 Å². The molecule has 4 nitrogen and oxygen atoms in total. The molecule has 0 saturated heterocycles. The molecular formula is C14H16N2O2S. The maximum atomic E-state index is 11.9. The van der Waals surface area contributed by atoms with E-state index in [9.17, 15) is 4.79 Å². The quantitative estimate of drug-likeness (QED) is 0.913. The third-order valence-corrected chi connectivity index (χ3v) is 3.02.